The van der Waals surface area contributed by atoms with Crippen molar-refractivity contribution in [2.75, 3.05) is 0 Å². The van der Waals surface area contributed by atoms with E-state index in [1.165, 1.54) is 0 Å². The third-order valence-electron chi connectivity index (χ3n) is 2.67. The number of benzene rings is 2. The first-order chi connectivity index (χ1) is 9.56. The van der Waals surface area contributed by atoms with E-state index in [4.69, 9.17) is 11.6 Å². The summed E-state index contributed by atoms with van der Waals surface area (Å²) in [4.78, 5) is 11.9. The number of halogens is 2. The number of hydrazone groups is 1. The third kappa shape index (κ3) is 3.92. The van der Waals surface area contributed by atoms with Crippen molar-refractivity contribution in [2.24, 2.45) is 5.10 Å². The zero-order valence-electron chi connectivity index (χ0n) is 10.7. The topological polar surface area (TPSA) is 41.5 Å². The van der Waals surface area contributed by atoms with E-state index < -0.39 is 0 Å². The van der Waals surface area contributed by atoms with Gasteiger partial charge in [-0.3, -0.25) is 4.79 Å². The van der Waals surface area contributed by atoms with Gasteiger partial charge in [0.2, 0.25) is 0 Å². The Labute approximate surface area is 130 Å². The summed E-state index contributed by atoms with van der Waals surface area (Å²) in [5.74, 6) is -0.268. The molecule has 102 valence electrons. The molecule has 20 heavy (non-hydrogen) atoms. The maximum atomic E-state index is 11.9. The minimum Gasteiger partial charge on any atom is -0.267 e. The number of rotatable bonds is 3. The van der Waals surface area contributed by atoms with E-state index in [0.717, 1.165) is 15.7 Å². The van der Waals surface area contributed by atoms with Crippen LogP contribution in [0.4, 0.5) is 0 Å². The van der Waals surface area contributed by atoms with Crippen LogP contribution in [0.25, 0.3) is 0 Å². The smallest absolute Gasteiger partial charge is 0.267 e. The lowest BCUT2D eigenvalue weighted by atomic mass is 10.1. The first-order valence-corrected chi connectivity index (χ1v) is 7.09. The van der Waals surface area contributed by atoms with Gasteiger partial charge < -0.3 is 0 Å². The number of hydrogen-bond acceptors (Lipinski definition) is 2. The Hall–Kier alpha value is -1.65. The Morgan fingerprint density at radius 2 is 1.85 bits per heavy atom. The Morgan fingerprint density at radius 3 is 2.50 bits per heavy atom. The fraction of sp³-hybridized carbons (Fsp3) is 0.0667. The Kier molecular flexibility index (Phi) is 4.93. The van der Waals surface area contributed by atoms with E-state index in [9.17, 15) is 4.79 Å². The zero-order valence-corrected chi connectivity index (χ0v) is 13.1. The summed E-state index contributed by atoms with van der Waals surface area (Å²) in [7, 11) is 0. The van der Waals surface area contributed by atoms with E-state index in [0.29, 0.717) is 10.6 Å². The van der Waals surface area contributed by atoms with Crippen LogP contribution in [-0.4, -0.2) is 11.6 Å². The summed E-state index contributed by atoms with van der Waals surface area (Å²) in [5.41, 5.74) is 4.71. The molecule has 0 unspecified atom stereocenters. The number of hydrogen-bond donors (Lipinski definition) is 1. The van der Waals surface area contributed by atoms with Crippen LogP contribution < -0.4 is 5.43 Å². The Bertz CT molecular complexity index is 653. The molecular weight excluding hydrogens is 340 g/mol. The molecule has 1 N–H and O–H groups in total. The molecule has 0 saturated heterocycles. The first-order valence-electron chi connectivity index (χ1n) is 5.92. The number of nitrogens with zero attached hydrogens (tertiary/aromatic N) is 1. The van der Waals surface area contributed by atoms with Crippen molar-refractivity contribution in [1.82, 2.24) is 5.43 Å². The summed E-state index contributed by atoms with van der Waals surface area (Å²) in [6.07, 6.45) is 0. The molecule has 0 aliphatic carbocycles. The van der Waals surface area contributed by atoms with E-state index >= 15 is 0 Å². The van der Waals surface area contributed by atoms with Gasteiger partial charge in [-0.2, -0.15) is 5.10 Å². The molecule has 5 heteroatoms. The summed E-state index contributed by atoms with van der Waals surface area (Å²) in [6, 6.07) is 14.4. The van der Waals surface area contributed by atoms with E-state index in [2.05, 4.69) is 26.5 Å². The molecule has 0 heterocycles. The summed E-state index contributed by atoms with van der Waals surface area (Å²) < 4.78 is 0.966. The average Bonchev–Trinajstić information content (AvgIpc) is 2.45. The molecule has 0 radical (unpaired) electrons. The van der Waals surface area contributed by atoms with Crippen molar-refractivity contribution in [2.45, 2.75) is 6.92 Å². The van der Waals surface area contributed by atoms with Crippen molar-refractivity contribution < 1.29 is 4.79 Å². The molecular formula is C15H12BrClN2O. The van der Waals surface area contributed by atoms with Crippen molar-refractivity contribution in [1.29, 1.82) is 0 Å². The predicted molar refractivity (Wildman–Crippen MR) is 85.3 cm³/mol. The van der Waals surface area contributed by atoms with Crippen molar-refractivity contribution >= 4 is 39.1 Å². The standard InChI is InChI=1S/C15H12BrClN2O/c1-10(12-3-2-4-13(16)9-12)18-19-15(20)11-5-7-14(17)8-6-11/h2-9H,1H3,(H,19,20)/b18-10+. The minimum absolute atomic E-state index is 0.268. The van der Waals surface area contributed by atoms with Crippen LogP contribution in [0.5, 0.6) is 0 Å². The lowest BCUT2D eigenvalue weighted by molar-refractivity contribution is 0.0955. The number of carbonyl (C=O) groups is 1. The van der Waals surface area contributed by atoms with Gasteiger partial charge in [-0.15, -0.1) is 0 Å². The minimum atomic E-state index is -0.268. The highest BCUT2D eigenvalue weighted by Crippen LogP contribution is 2.12. The largest absolute Gasteiger partial charge is 0.271 e. The van der Waals surface area contributed by atoms with Gasteiger partial charge in [0.1, 0.15) is 0 Å². The lowest BCUT2D eigenvalue weighted by Gasteiger charge is -2.03. The molecule has 1 amide bonds. The van der Waals surface area contributed by atoms with Crippen molar-refractivity contribution in [3.05, 3.63) is 69.2 Å². The highest BCUT2D eigenvalue weighted by molar-refractivity contribution is 9.10. The van der Waals surface area contributed by atoms with E-state index in [1.54, 1.807) is 24.3 Å². The Balaban J connectivity index is 2.08. The molecule has 0 aliphatic rings. The molecule has 0 aromatic heterocycles. The predicted octanol–water partition coefficient (Wildman–Crippen LogP) is 4.26. The molecule has 0 aliphatic heterocycles. The van der Waals surface area contributed by atoms with Crippen LogP contribution >= 0.6 is 27.5 Å². The Morgan fingerprint density at radius 1 is 1.15 bits per heavy atom. The quantitative estimate of drug-likeness (QED) is 0.651. The maximum Gasteiger partial charge on any atom is 0.271 e. The van der Waals surface area contributed by atoms with E-state index in [-0.39, 0.29) is 5.91 Å². The fourth-order valence-corrected chi connectivity index (χ4v) is 2.10. The molecule has 0 fully saturated rings. The molecule has 3 nitrogen and oxygen atoms in total. The van der Waals surface area contributed by atoms with Crippen molar-refractivity contribution in [3.8, 4) is 0 Å². The molecule has 0 spiro atoms. The van der Waals surface area contributed by atoms with Gasteiger partial charge in [-0.05, 0) is 48.9 Å². The van der Waals surface area contributed by atoms with Gasteiger partial charge >= 0.3 is 0 Å². The second-order valence-electron chi connectivity index (χ2n) is 4.16. The zero-order chi connectivity index (χ0) is 14.5. The summed E-state index contributed by atoms with van der Waals surface area (Å²) in [5, 5.41) is 4.69. The van der Waals surface area contributed by atoms with Crippen molar-refractivity contribution in [3.63, 3.8) is 0 Å². The lowest BCUT2D eigenvalue weighted by Crippen LogP contribution is -2.19. The first kappa shape index (κ1) is 14.8. The van der Waals surface area contributed by atoms with Gasteiger partial charge in [0, 0.05) is 15.1 Å². The normalized spacial score (nSPS) is 11.2. The summed E-state index contributed by atoms with van der Waals surface area (Å²) >= 11 is 9.17. The SMILES string of the molecule is C/C(=N\NC(=O)c1ccc(Cl)cc1)c1cccc(Br)c1. The number of nitrogens with one attached hydrogen (secondary N) is 1. The van der Waals surface area contributed by atoms with Crippen LogP contribution in [0.15, 0.2) is 58.1 Å². The van der Waals surface area contributed by atoms with Crippen LogP contribution in [0.3, 0.4) is 0 Å². The maximum absolute atomic E-state index is 11.9. The molecule has 2 rings (SSSR count). The van der Waals surface area contributed by atoms with E-state index in [1.807, 2.05) is 31.2 Å². The third-order valence-corrected chi connectivity index (χ3v) is 3.42. The average molecular weight is 352 g/mol. The highest BCUT2D eigenvalue weighted by Gasteiger charge is 2.04. The molecule has 2 aromatic rings. The summed E-state index contributed by atoms with van der Waals surface area (Å²) in [6.45, 7) is 1.84. The molecule has 0 bridgehead atoms. The number of amides is 1. The van der Waals surface area contributed by atoms with Gasteiger partial charge in [0.05, 0.1) is 5.71 Å². The fourth-order valence-electron chi connectivity index (χ4n) is 1.58. The van der Waals surface area contributed by atoms with Crippen LogP contribution in [0.1, 0.15) is 22.8 Å². The van der Waals surface area contributed by atoms with Gasteiger partial charge in [-0.25, -0.2) is 5.43 Å². The van der Waals surface area contributed by atoms with Gasteiger partial charge in [0.15, 0.2) is 0 Å². The van der Waals surface area contributed by atoms with Gasteiger partial charge in [-0.1, -0.05) is 39.7 Å². The monoisotopic (exact) mass is 350 g/mol. The molecule has 2 aromatic carbocycles. The number of carbonyl (C=O) groups excluding carboxylic acids is 1. The van der Waals surface area contributed by atoms with Crippen LogP contribution in [-0.2, 0) is 0 Å². The van der Waals surface area contributed by atoms with Gasteiger partial charge in [0.25, 0.3) is 5.91 Å². The second-order valence-corrected chi connectivity index (χ2v) is 5.51. The highest BCUT2D eigenvalue weighted by atomic mass is 79.9. The molecule has 0 saturated carbocycles. The van der Waals surface area contributed by atoms with Crippen LogP contribution in [0, 0.1) is 0 Å². The molecule has 0 atom stereocenters. The van der Waals surface area contributed by atoms with Crippen LogP contribution in [0.2, 0.25) is 5.02 Å². The second kappa shape index (κ2) is 6.68.